The predicted molar refractivity (Wildman–Crippen MR) is 34.4 cm³/mol. The van der Waals surface area contributed by atoms with E-state index < -0.39 is 6.17 Å². The summed E-state index contributed by atoms with van der Waals surface area (Å²) in [7, 11) is 0. The van der Waals surface area contributed by atoms with E-state index in [0.717, 1.165) is 0 Å². The van der Waals surface area contributed by atoms with Crippen LogP contribution in [0.25, 0.3) is 0 Å². The van der Waals surface area contributed by atoms with Gasteiger partial charge in [-0.25, -0.2) is 4.39 Å². The lowest BCUT2D eigenvalue weighted by atomic mass is 10.1. The summed E-state index contributed by atoms with van der Waals surface area (Å²) in [4.78, 5) is 10.3. The lowest BCUT2D eigenvalue weighted by Gasteiger charge is -2.14. The predicted octanol–water partition coefficient (Wildman–Crippen LogP) is 0.656. The average Bonchev–Trinajstić information content (AvgIpc) is 1.64. The molecule has 54 valence electrons. The van der Waals surface area contributed by atoms with Gasteiger partial charge in [-0.2, -0.15) is 0 Å². The lowest BCUT2D eigenvalue weighted by molar-refractivity contribution is -0.123. The molecule has 1 atom stereocenters. The molecule has 4 heteroatoms. The molecule has 2 nitrogen and oxygen atoms in total. The Morgan fingerprint density at radius 2 is 2.33 bits per heavy atom. The highest BCUT2D eigenvalue weighted by Gasteiger charge is 2.16. The molecule has 1 unspecified atom stereocenters. The minimum absolute atomic E-state index is 0. The number of alkyl halides is 1. The summed E-state index contributed by atoms with van der Waals surface area (Å²) in [5.74, 6) is -0.163. The number of carbonyl (C=O) groups is 1. The molecule has 1 fully saturated rings. The quantitative estimate of drug-likeness (QED) is 0.544. The van der Waals surface area contributed by atoms with Gasteiger partial charge < -0.3 is 5.32 Å². The topological polar surface area (TPSA) is 29.1 Å². The summed E-state index contributed by atoms with van der Waals surface area (Å²) in [5, 5.41) is 2.53. The van der Waals surface area contributed by atoms with Crippen molar-refractivity contribution in [2.24, 2.45) is 0 Å². The van der Waals surface area contributed by atoms with Crippen LogP contribution in [0.4, 0.5) is 4.39 Å². The van der Waals surface area contributed by atoms with Gasteiger partial charge in [-0.1, -0.05) is 0 Å². The van der Waals surface area contributed by atoms with E-state index in [1.807, 2.05) is 0 Å². The van der Waals surface area contributed by atoms with Crippen molar-refractivity contribution in [2.45, 2.75) is 19.0 Å². The van der Waals surface area contributed by atoms with Crippen molar-refractivity contribution in [3.8, 4) is 0 Å². The second-order valence-electron chi connectivity index (χ2n) is 1.94. The molecule has 1 N–H and O–H groups in total. The number of rotatable bonds is 0. The van der Waals surface area contributed by atoms with Gasteiger partial charge in [0.15, 0.2) is 0 Å². The Bertz CT molecular complexity index is 109. The Morgan fingerprint density at radius 1 is 1.67 bits per heavy atom. The van der Waals surface area contributed by atoms with E-state index in [4.69, 9.17) is 0 Å². The van der Waals surface area contributed by atoms with Crippen molar-refractivity contribution in [1.29, 1.82) is 0 Å². The minimum atomic E-state index is -0.899. The first-order chi connectivity index (χ1) is 3.79. The van der Waals surface area contributed by atoms with Gasteiger partial charge in [-0.15, -0.1) is 12.4 Å². The highest BCUT2D eigenvalue weighted by atomic mass is 35.5. The van der Waals surface area contributed by atoms with E-state index in [0.29, 0.717) is 13.0 Å². The molecule has 1 aliphatic rings. The third-order valence-electron chi connectivity index (χ3n) is 1.19. The fourth-order valence-corrected chi connectivity index (χ4v) is 0.744. The first-order valence-electron chi connectivity index (χ1n) is 2.70. The summed E-state index contributed by atoms with van der Waals surface area (Å²) in [5.41, 5.74) is 0. The van der Waals surface area contributed by atoms with E-state index in [2.05, 4.69) is 5.32 Å². The Kier molecular flexibility index (Phi) is 3.54. The molecule has 0 bridgehead atoms. The van der Waals surface area contributed by atoms with Crippen LogP contribution in [-0.4, -0.2) is 18.6 Å². The van der Waals surface area contributed by atoms with Crippen LogP contribution in [0, 0.1) is 0 Å². The average molecular weight is 154 g/mol. The zero-order chi connectivity index (χ0) is 5.98. The Labute approximate surface area is 59.2 Å². The number of amides is 1. The third kappa shape index (κ3) is 2.65. The van der Waals surface area contributed by atoms with Crippen LogP contribution in [0.2, 0.25) is 0 Å². The van der Waals surface area contributed by atoms with Crippen molar-refractivity contribution < 1.29 is 9.18 Å². The van der Waals surface area contributed by atoms with E-state index >= 15 is 0 Å². The van der Waals surface area contributed by atoms with Crippen molar-refractivity contribution >= 4 is 18.3 Å². The van der Waals surface area contributed by atoms with Crippen LogP contribution in [-0.2, 0) is 4.79 Å². The molecule has 1 amide bonds. The molecule has 0 aromatic heterocycles. The van der Waals surface area contributed by atoms with Crippen LogP contribution in [0.1, 0.15) is 12.8 Å². The van der Waals surface area contributed by atoms with Crippen molar-refractivity contribution in [1.82, 2.24) is 5.32 Å². The molecule has 0 radical (unpaired) electrons. The van der Waals surface area contributed by atoms with E-state index in [1.165, 1.54) is 0 Å². The fraction of sp³-hybridized carbons (Fsp3) is 0.800. The Balaban J connectivity index is 0.000000640. The van der Waals surface area contributed by atoms with Gasteiger partial charge in [0.05, 0.1) is 6.42 Å². The number of piperidine rings is 1. The Morgan fingerprint density at radius 3 is 2.67 bits per heavy atom. The van der Waals surface area contributed by atoms with Gasteiger partial charge in [-0.05, 0) is 6.42 Å². The smallest absolute Gasteiger partial charge is 0.222 e. The summed E-state index contributed by atoms with van der Waals surface area (Å²) in [6.45, 7) is 0.500. The first kappa shape index (κ1) is 8.69. The fourth-order valence-electron chi connectivity index (χ4n) is 0.744. The zero-order valence-electron chi connectivity index (χ0n) is 4.89. The van der Waals surface area contributed by atoms with Gasteiger partial charge in [0, 0.05) is 6.54 Å². The molecule has 1 heterocycles. The van der Waals surface area contributed by atoms with E-state index in [1.54, 1.807) is 0 Å². The van der Waals surface area contributed by atoms with Crippen molar-refractivity contribution in [2.75, 3.05) is 6.54 Å². The van der Waals surface area contributed by atoms with Crippen LogP contribution >= 0.6 is 12.4 Å². The van der Waals surface area contributed by atoms with Crippen LogP contribution < -0.4 is 5.32 Å². The van der Waals surface area contributed by atoms with E-state index in [-0.39, 0.29) is 24.7 Å². The summed E-state index contributed by atoms with van der Waals surface area (Å²) in [6, 6.07) is 0. The van der Waals surface area contributed by atoms with Crippen LogP contribution in [0.5, 0.6) is 0 Å². The maximum absolute atomic E-state index is 12.2. The SMILES string of the molecule is Cl.O=C1CC(F)CCN1. The third-order valence-corrected chi connectivity index (χ3v) is 1.19. The van der Waals surface area contributed by atoms with Crippen molar-refractivity contribution in [3.05, 3.63) is 0 Å². The largest absolute Gasteiger partial charge is 0.356 e. The summed E-state index contributed by atoms with van der Waals surface area (Å²) < 4.78 is 12.2. The highest BCUT2D eigenvalue weighted by Crippen LogP contribution is 2.05. The molecule has 0 aliphatic carbocycles. The summed E-state index contributed by atoms with van der Waals surface area (Å²) in [6.07, 6.45) is -0.366. The molecule has 1 saturated heterocycles. The number of carbonyl (C=O) groups excluding carboxylic acids is 1. The van der Waals surface area contributed by atoms with Crippen LogP contribution in [0.15, 0.2) is 0 Å². The minimum Gasteiger partial charge on any atom is -0.356 e. The number of hydrogen-bond acceptors (Lipinski definition) is 1. The maximum Gasteiger partial charge on any atom is 0.222 e. The van der Waals surface area contributed by atoms with Gasteiger partial charge in [0.1, 0.15) is 6.17 Å². The van der Waals surface area contributed by atoms with Gasteiger partial charge in [0.2, 0.25) is 5.91 Å². The molecule has 1 aliphatic heterocycles. The standard InChI is InChI=1S/C5H8FNO.ClH/c6-4-1-2-7-5(8)3-4;/h4H,1-3H2,(H,7,8);1H. The molecular formula is C5H9ClFNO. The normalized spacial score (nSPS) is 26.3. The molecule has 0 spiro atoms. The molecule has 9 heavy (non-hydrogen) atoms. The van der Waals surface area contributed by atoms with Gasteiger partial charge >= 0.3 is 0 Å². The Hall–Kier alpha value is -0.310. The number of nitrogens with one attached hydrogen (secondary N) is 1. The maximum atomic E-state index is 12.2. The first-order valence-corrected chi connectivity index (χ1v) is 2.70. The second kappa shape index (κ2) is 3.67. The molecular weight excluding hydrogens is 145 g/mol. The number of halogens is 2. The molecule has 0 saturated carbocycles. The summed E-state index contributed by atoms with van der Waals surface area (Å²) >= 11 is 0. The highest BCUT2D eigenvalue weighted by molar-refractivity contribution is 5.85. The van der Waals surface area contributed by atoms with E-state index in [9.17, 15) is 9.18 Å². The monoisotopic (exact) mass is 153 g/mol. The molecule has 0 aromatic rings. The molecule has 0 aromatic carbocycles. The number of hydrogen-bond donors (Lipinski definition) is 1. The zero-order valence-corrected chi connectivity index (χ0v) is 5.71. The van der Waals surface area contributed by atoms with Crippen molar-refractivity contribution in [3.63, 3.8) is 0 Å². The van der Waals surface area contributed by atoms with Gasteiger partial charge in [0.25, 0.3) is 0 Å². The second-order valence-corrected chi connectivity index (χ2v) is 1.94. The lowest BCUT2D eigenvalue weighted by Crippen LogP contribution is -2.34. The molecule has 1 rings (SSSR count). The van der Waals surface area contributed by atoms with Gasteiger partial charge in [-0.3, -0.25) is 4.79 Å². The van der Waals surface area contributed by atoms with Crippen LogP contribution in [0.3, 0.4) is 0 Å².